The van der Waals surface area contributed by atoms with E-state index in [1.54, 1.807) is 0 Å². The van der Waals surface area contributed by atoms with Crippen molar-refractivity contribution in [3.63, 3.8) is 0 Å². The average molecular weight is 108 g/mol. The molecule has 0 heterocycles. The third-order valence-electron chi connectivity index (χ3n) is 0.216. The molecule has 0 N–H and O–H groups in total. The summed E-state index contributed by atoms with van der Waals surface area (Å²) in [6.07, 6.45) is 0. The first kappa shape index (κ1) is 5.63. The second-order valence-electron chi connectivity index (χ2n) is 0.586. The number of hydrogen-bond donors (Lipinski definition) is 0. The van der Waals surface area contributed by atoms with Crippen LogP contribution < -0.4 is 0 Å². The van der Waals surface area contributed by atoms with Crippen LogP contribution in [0.2, 0.25) is 0 Å². The van der Waals surface area contributed by atoms with Crippen molar-refractivity contribution >= 4 is 17.0 Å². The molecule has 2 nitrogen and oxygen atoms in total. The summed E-state index contributed by atoms with van der Waals surface area (Å²) in [5.41, 5.74) is -0.801. The zero-order valence-electron chi connectivity index (χ0n) is 3.11. The Kier molecular flexibility index (Phi) is 2.67. The Hall–Kier alpha value is -0.370. The summed E-state index contributed by atoms with van der Waals surface area (Å²) in [6, 6.07) is 0. The van der Waals surface area contributed by atoms with Crippen molar-refractivity contribution in [2.75, 3.05) is 6.61 Å². The molecule has 0 rings (SSSR count). The molecule has 0 aliphatic heterocycles. The maximum absolute atomic E-state index is 9.55. The van der Waals surface area contributed by atoms with Crippen LogP contribution in [0.1, 0.15) is 0 Å². The van der Waals surface area contributed by atoms with Gasteiger partial charge in [0, 0.05) is 11.6 Å². The van der Waals surface area contributed by atoms with E-state index in [1.807, 2.05) is 0 Å². The zero-order valence-corrected chi connectivity index (χ0v) is 3.86. The van der Waals surface area contributed by atoms with Crippen LogP contribution in [0.15, 0.2) is 0 Å². The Morgan fingerprint density at radius 1 is 2.00 bits per heavy atom. The van der Waals surface area contributed by atoms with Gasteiger partial charge >= 0.3 is 5.43 Å². The van der Waals surface area contributed by atoms with Crippen LogP contribution in [0.5, 0.6) is 0 Å². The lowest BCUT2D eigenvalue weighted by atomic mass is 10.9. The van der Waals surface area contributed by atoms with Crippen molar-refractivity contribution in [1.29, 1.82) is 0 Å². The van der Waals surface area contributed by atoms with Crippen LogP contribution in [-0.4, -0.2) is 12.0 Å². The Bertz CT molecular complexity index is 52.8. The maximum Gasteiger partial charge on any atom is 0.407 e. The molecule has 0 aliphatic carbocycles. The molecule has 0 unspecified atom stereocenters. The van der Waals surface area contributed by atoms with Gasteiger partial charge in [-0.15, -0.1) is 0 Å². The minimum atomic E-state index is -0.801. The van der Waals surface area contributed by atoms with E-state index in [0.717, 1.165) is 0 Å². The topological polar surface area (TPSA) is 26.3 Å². The predicted octanol–water partition coefficient (Wildman–Crippen LogP) is 1.20. The first-order valence-electron chi connectivity index (χ1n) is 1.39. The molecule has 0 aromatic carbocycles. The summed E-state index contributed by atoms with van der Waals surface area (Å²) in [5.74, 6) is 0. The summed E-state index contributed by atoms with van der Waals surface area (Å²) in [7, 11) is 0. The van der Waals surface area contributed by atoms with Crippen LogP contribution in [0.3, 0.4) is 0 Å². The van der Waals surface area contributed by atoms with Gasteiger partial charge in [0.25, 0.3) is 0 Å². The second-order valence-corrected chi connectivity index (χ2v) is 0.895. The van der Waals surface area contributed by atoms with Gasteiger partial charge in [-0.3, -0.25) is 0 Å². The van der Waals surface area contributed by atoms with E-state index in [-0.39, 0.29) is 6.61 Å². The summed E-state index contributed by atoms with van der Waals surface area (Å²) < 4.78 is 4.06. The number of hydrogen-bond acceptors (Lipinski definition) is 2. The lowest BCUT2D eigenvalue weighted by molar-refractivity contribution is 0.185. The number of halogens is 1. The standard InChI is InChI=1S/C3H4ClO2/c1-2-6-3(4)5/h1-2H2/q+1. The predicted molar refractivity (Wildman–Crippen MR) is 22.6 cm³/mol. The molecule has 0 saturated carbocycles. The minimum Gasteiger partial charge on any atom is -0.411 e. The van der Waals surface area contributed by atoms with Crippen LogP contribution in [-0.2, 0) is 4.74 Å². The molecule has 0 spiro atoms. The largest absolute Gasteiger partial charge is 0.411 e. The van der Waals surface area contributed by atoms with E-state index < -0.39 is 5.43 Å². The number of carbonyl (C=O) groups excluding carboxylic acids is 1. The molecule has 0 aromatic heterocycles. The normalized spacial score (nSPS) is 7.50. The van der Waals surface area contributed by atoms with Gasteiger partial charge in [0.05, 0.1) is 0 Å². The molecule has 0 aromatic rings. The fraction of sp³-hybridized carbons (Fsp3) is 0.333. The van der Waals surface area contributed by atoms with Crippen LogP contribution >= 0.6 is 11.6 Å². The van der Waals surface area contributed by atoms with Crippen LogP contribution in [0.25, 0.3) is 0 Å². The molecule has 0 saturated heterocycles. The summed E-state index contributed by atoms with van der Waals surface area (Å²) in [5, 5.41) is 0. The molecule has 6 heavy (non-hydrogen) atoms. The second kappa shape index (κ2) is 2.85. The molecular weight excluding hydrogens is 103 g/mol. The molecule has 0 amide bonds. The van der Waals surface area contributed by atoms with Crippen molar-refractivity contribution in [3.8, 4) is 0 Å². The van der Waals surface area contributed by atoms with Crippen molar-refractivity contribution in [2.24, 2.45) is 0 Å². The van der Waals surface area contributed by atoms with Gasteiger partial charge in [0.2, 0.25) is 6.61 Å². The fourth-order valence-electron chi connectivity index (χ4n) is 0.0802. The van der Waals surface area contributed by atoms with E-state index in [2.05, 4.69) is 23.3 Å². The SMILES string of the molecule is [CH2+]COC(=O)Cl. The molecule has 0 fully saturated rings. The minimum absolute atomic E-state index is 0.0995. The third-order valence-corrected chi connectivity index (χ3v) is 0.325. The Morgan fingerprint density at radius 2 is 2.50 bits per heavy atom. The highest BCUT2D eigenvalue weighted by atomic mass is 35.5. The highest BCUT2D eigenvalue weighted by molar-refractivity contribution is 6.61. The monoisotopic (exact) mass is 107 g/mol. The first-order chi connectivity index (χ1) is 2.77. The van der Waals surface area contributed by atoms with Gasteiger partial charge in [0.15, 0.2) is 0 Å². The summed E-state index contributed by atoms with van der Waals surface area (Å²) in [4.78, 5) is 9.55. The average Bonchev–Trinajstić information content (AvgIpc) is 1.35. The van der Waals surface area contributed by atoms with Crippen molar-refractivity contribution in [2.45, 2.75) is 0 Å². The third kappa shape index (κ3) is 3.63. The number of rotatable bonds is 1. The van der Waals surface area contributed by atoms with E-state index in [0.29, 0.717) is 0 Å². The van der Waals surface area contributed by atoms with Gasteiger partial charge in [-0.1, -0.05) is 0 Å². The lowest BCUT2D eigenvalue weighted by Gasteiger charge is -1.81. The fourth-order valence-corrected chi connectivity index (χ4v) is 0.157. The van der Waals surface area contributed by atoms with Gasteiger partial charge < -0.3 is 4.74 Å². The number of carbonyl (C=O) groups is 1. The molecular formula is C3H4ClO2+. The van der Waals surface area contributed by atoms with E-state index in [4.69, 9.17) is 0 Å². The summed E-state index contributed by atoms with van der Waals surface area (Å²) in [6.45, 7) is 3.30. The van der Waals surface area contributed by atoms with Crippen molar-refractivity contribution in [3.05, 3.63) is 6.92 Å². The van der Waals surface area contributed by atoms with Gasteiger partial charge in [-0.2, -0.15) is 0 Å². The van der Waals surface area contributed by atoms with Gasteiger partial charge in [-0.25, -0.2) is 4.79 Å². The first-order valence-corrected chi connectivity index (χ1v) is 1.76. The highest BCUT2D eigenvalue weighted by Crippen LogP contribution is 1.82. The Morgan fingerprint density at radius 3 is 2.50 bits per heavy atom. The Balaban J connectivity index is 2.83. The van der Waals surface area contributed by atoms with E-state index in [9.17, 15) is 4.79 Å². The van der Waals surface area contributed by atoms with E-state index in [1.165, 1.54) is 0 Å². The Labute approximate surface area is 41.0 Å². The quantitative estimate of drug-likeness (QED) is 0.372. The smallest absolute Gasteiger partial charge is 0.407 e. The molecule has 0 radical (unpaired) electrons. The summed E-state index contributed by atoms with van der Waals surface area (Å²) >= 11 is 4.68. The molecule has 0 bridgehead atoms. The van der Waals surface area contributed by atoms with Crippen LogP contribution in [0.4, 0.5) is 4.79 Å². The highest BCUT2D eigenvalue weighted by Gasteiger charge is 1.89. The molecule has 0 aliphatic rings. The molecule has 34 valence electrons. The maximum atomic E-state index is 9.55. The molecule has 0 atom stereocenters. The van der Waals surface area contributed by atoms with E-state index >= 15 is 0 Å². The molecule has 3 heteroatoms. The van der Waals surface area contributed by atoms with Gasteiger partial charge in [-0.05, 0) is 0 Å². The van der Waals surface area contributed by atoms with Crippen molar-refractivity contribution < 1.29 is 9.53 Å². The zero-order chi connectivity index (χ0) is 4.99. The van der Waals surface area contributed by atoms with Crippen LogP contribution in [0, 0.1) is 6.92 Å². The van der Waals surface area contributed by atoms with Gasteiger partial charge in [0.1, 0.15) is 6.92 Å². The lowest BCUT2D eigenvalue weighted by Crippen LogP contribution is -1.89. The number of ether oxygens (including phenoxy) is 1. The van der Waals surface area contributed by atoms with Crippen molar-refractivity contribution in [1.82, 2.24) is 0 Å².